The number of pyridine rings is 4. The van der Waals surface area contributed by atoms with Gasteiger partial charge in [-0.25, -0.2) is 0 Å². The zero-order valence-corrected chi connectivity index (χ0v) is 19.8. The Bertz CT molecular complexity index is 1480. The zero-order chi connectivity index (χ0) is 24.2. The van der Waals surface area contributed by atoms with Crippen LogP contribution in [0.25, 0.3) is 21.8 Å². The van der Waals surface area contributed by atoms with E-state index in [0.29, 0.717) is 13.1 Å². The van der Waals surface area contributed by atoms with Crippen LogP contribution >= 0.6 is 0 Å². The number of fused-ring (bicyclic) bond motifs is 2. The molecule has 6 rings (SSSR count). The van der Waals surface area contributed by atoms with Crippen LogP contribution in [0.5, 0.6) is 0 Å². The van der Waals surface area contributed by atoms with Crippen LogP contribution in [-0.4, -0.2) is 24.8 Å². The minimum absolute atomic E-state index is 0.158. The Morgan fingerprint density at radius 1 is 0.500 bits per heavy atom. The molecule has 0 saturated heterocycles. The Morgan fingerprint density at radius 3 is 1.44 bits per heavy atom. The van der Waals surface area contributed by atoms with Crippen molar-refractivity contribution in [3.8, 4) is 0 Å². The fraction of sp³-hybridized carbons (Fsp3) is 0.0968. The zero-order valence-electron chi connectivity index (χ0n) is 19.8. The molecule has 0 saturated carbocycles. The largest absolute Gasteiger partial charge is 0.278 e. The lowest BCUT2D eigenvalue weighted by molar-refractivity contribution is 0.195. The molecule has 174 valence electrons. The summed E-state index contributed by atoms with van der Waals surface area (Å²) in [4.78, 5) is 21.8. The third-order valence-electron chi connectivity index (χ3n) is 6.34. The number of hydrogen-bond donors (Lipinski definition) is 0. The van der Waals surface area contributed by atoms with E-state index in [1.807, 2.05) is 60.9 Å². The molecule has 2 aromatic carbocycles. The molecule has 5 heteroatoms. The molecule has 0 bridgehead atoms. The van der Waals surface area contributed by atoms with E-state index in [4.69, 9.17) is 19.9 Å². The smallest absolute Gasteiger partial charge is 0.0956 e. The molecular weight excluding hydrogens is 442 g/mol. The van der Waals surface area contributed by atoms with Crippen LogP contribution in [-0.2, 0) is 13.1 Å². The summed E-state index contributed by atoms with van der Waals surface area (Å²) in [5, 5.41) is 2.27. The lowest BCUT2D eigenvalue weighted by Crippen LogP contribution is -2.31. The van der Waals surface area contributed by atoms with Gasteiger partial charge in [-0.3, -0.25) is 24.8 Å². The van der Waals surface area contributed by atoms with Gasteiger partial charge in [0.2, 0.25) is 0 Å². The highest BCUT2D eigenvalue weighted by Gasteiger charge is 2.26. The molecule has 4 heterocycles. The van der Waals surface area contributed by atoms with Crippen LogP contribution < -0.4 is 0 Å². The van der Waals surface area contributed by atoms with Gasteiger partial charge < -0.3 is 0 Å². The number of hydrogen-bond acceptors (Lipinski definition) is 5. The van der Waals surface area contributed by atoms with E-state index in [9.17, 15) is 0 Å². The van der Waals surface area contributed by atoms with Gasteiger partial charge in [0.25, 0.3) is 0 Å². The first-order valence-electron chi connectivity index (χ1n) is 12.1. The van der Waals surface area contributed by atoms with Crippen molar-refractivity contribution in [2.24, 2.45) is 0 Å². The average molecular weight is 468 g/mol. The lowest BCUT2D eigenvalue weighted by Gasteiger charge is -2.31. The first-order chi connectivity index (χ1) is 17.8. The average Bonchev–Trinajstić information content (AvgIpc) is 2.94. The minimum Gasteiger partial charge on any atom is -0.278 e. The third kappa shape index (κ3) is 4.69. The summed E-state index contributed by atoms with van der Waals surface area (Å²) in [6.07, 6.45) is 3.68. The fourth-order valence-corrected chi connectivity index (χ4v) is 4.65. The van der Waals surface area contributed by atoms with E-state index in [0.717, 1.165) is 44.6 Å². The van der Waals surface area contributed by atoms with Gasteiger partial charge in [-0.1, -0.05) is 60.7 Å². The monoisotopic (exact) mass is 467 g/mol. The summed E-state index contributed by atoms with van der Waals surface area (Å²) in [6.45, 7) is 1.24. The van der Waals surface area contributed by atoms with Gasteiger partial charge >= 0.3 is 0 Å². The Morgan fingerprint density at radius 2 is 0.972 bits per heavy atom. The second-order valence-corrected chi connectivity index (χ2v) is 8.81. The third-order valence-corrected chi connectivity index (χ3v) is 6.34. The topological polar surface area (TPSA) is 54.8 Å². The molecule has 0 N–H and O–H groups in total. The lowest BCUT2D eigenvalue weighted by atomic mass is 10.0. The standard InChI is InChI=1S/C31H25N5/c1-3-11-27-23(9-1)15-17-25(34-27)21-36(22-26-18-16-24-10-2-4-12-28(24)35-26)31(29-13-5-7-19-32-29)30-14-6-8-20-33-30/h1-20,31H,21-22H2. The van der Waals surface area contributed by atoms with Gasteiger partial charge in [0.15, 0.2) is 0 Å². The molecule has 4 aromatic heterocycles. The van der Waals surface area contributed by atoms with Gasteiger partial charge in [0, 0.05) is 36.3 Å². The first-order valence-corrected chi connectivity index (χ1v) is 12.1. The highest BCUT2D eigenvalue weighted by atomic mass is 15.2. The van der Waals surface area contributed by atoms with Gasteiger partial charge in [0.1, 0.15) is 0 Å². The van der Waals surface area contributed by atoms with E-state index in [1.165, 1.54) is 0 Å². The number of benzene rings is 2. The Balaban J connectivity index is 1.44. The van der Waals surface area contributed by atoms with E-state index >= 15 is 0 Å². The van der Waals surface area contributed by atoms with Gasteiger partial charge in [-0.2, -0.15) is 0 Å². The number of aromatic nitrogens is 4. The van der Waals surface area contributed by atoms with Crippen LogP contribution in [0.3, 0.4) is 0 Å². The van der Waals surface area contributed by atoms with E-state index in [-0.39, 0.29) is 6.04 Å². The van der Waals surface area contributed by atoms with Gasteiger partial charge in [-0.15, -0.1) is 0 Å². The van der Waals surface area contributed by atoms with Crippen molar-refractivity contribution in [3.63, 3.8) is 0 Å². The summed E-state index contributed by atoms with van der Waals surface area (Å²) < 4.78 is 0. The van der Waals surface area contributed by atoms with Crippen LogP contribution in [0.4, 0.5) is 0 Å². The SMILES string of the molecule is c1ccc(C(c2ccccn2)N(Cc2ccc3ccccc3n2)Cc2ccc3ccccc3n2)nc1. The maximum Gasteiger partial charge on any atom is 0.0956 e. The van der Waals surface area contributed by atoms with Crippen molar-refractivity contribution in [1.29, 1.82) is 0 Å². The van der Waals surface area contributed by atoms with Crippen molar-refractivity contribution in [2.45, 2.75) is 19.1 Å². The quantitative estimate of drug-likeness (QED) is 0.273. The highest BCUT2D eigenvalue weighted by Crippen LogP contribution is 2.29. The van der Waals surface area contributed by atoms with Crippen LogP contribution in [0.1, 0.15) is 28.8 Å². The molecular formula is C31H25N5. The molecule has 5 nitrogen and oxygen atoms in total. The fourth-order valence-electron chi connectivity index (χ4n) is 4.65. The number of rotatable bonds is 7. The van der Waals surface area contributed by atoms with Crippen molar-refractivity contribution < 1.29 is 0 Å². The molecule has 0 aliphatic heterocycles. The van der Waals surface area contributed by atoms with Gasteiger partial charge in [-0.05, 0) is 48.5 Å². The molecule has 0 spiro atoms. The van der Waals surface area contributed by atoms with Crippen molar-refractivity contribution in [2.75, 3.05) is 0 Å². The van der Waals surface area contributed by atoms with Crippen LogP contribution in [0, 0.1) is 0 Å². The normalized spacial score (nSPS) is 11.5. The Labute approximate surface area is 210 Å². The Kier molecular flexibility index (Phi) is 6.13. The van der Waals surface area contributed by atoms with E-state index < -0.39 is 0 Å². The van der Waals surface area contributed by atoms with Crippen LogP contribution in [0.15, 0.2) is 122 Å². The summed E-state index contributed by atoms with van der Waals surface area (Å²) in [5.41, 5.74) is 5.85. The van der Waals surface area contributed by atoms with E-state index in [2.05, 4.69) is 65.6 Å². The predicted octanol–water partition coefficient (Wildman–Crippen LogP) is 6.36. The number of nitrogens with zero attached hydrogens (tertiary/aromatic N) is 5. The molecule has 6 aromatic rings. The second kappa shape index (κ2) is 10.0. The first kappa shape index (κ1) is 22.0. The molecule has 0 atom stereocenters. The summed E-state index contributed by atoms with van der Waals surface area (Å²) >= 11 is 0. The molecule has 0 aliphatic rings. The van der Waals surface area contributed by atoms with Gasteiger partial charge in [0.05, 0.1) is 39.9 Å². The van der Waals surface area contributed by atoms with Crippen molar-refractivity contribution >= 4 is 21.8 Å². The van der Waals surface area contributed by atoms with Crippen molar-refractivity contribution in [1.82, 2.24) is 24.8 Å². The highest BCUT2D eigenvalue weighted by molar-refractivity contribution is 5.79. The molecule has 0 fully saturated rings. The molecule has 0 radical (unpaired) electrons. The maximum atomic E-state index is 4.97. The molecule has 0 unspecified atom stereocenters. The minimum atomic E-state index is -0.158. The second-order valence-electron chi connectivity index (χ2n) is 8.81. The maximum absolute atomic E-state index is 4.97. The van der Waals surface area contributed by atoms with Crippen LogP contribution in [0.2, 0.25) is 0 Å². The summed E-state index contributed by atoms with van der Waals surface area (Å²) in [5.74, 6) is 0. The Hall–Kier alpha value is -4.48. The van der Waals surface area contributed by atoms with E-state index in [1.54, 1.807) is 0 Å². The molecule has 0 amide bonds. The van der Waals surface area contributed by atoms with Crippen molar-refractivity contribution in [3.05, 3.63) is 144 Å². The molecule has 0 aliphatic carbocycles. The summed E-state index contributed by atoms with van der Waals surface area (Å²) in [6, 6.07) is 36.8. The summed E-state index contributed by atoms with van der Waals surface area (Å²) in [7, 11) is 0. The number of para-hydroxylation sites is 2. The molecule has 36 heavy (non-hydrogen) atoms. The predicted molar refractivity (Wildman–Crippen MR) is 143 cm³/mol.